The minimum absolute atomic E-state index is 0.000833. The van der Waals surface area contributed by atoms with Gasteiger partial charge in [-0.25, -0.2) is 5.48 Å². The number of hydroxylamine groups is 1. The standard InChI is InChI=1S/C37H47N3O7/c41-25-26-10-12-29(13-11-26)34-21-33(24-40-19-18-32(42)23-40)46-37(47-34)30-16-14-28(15-17-30)31-7-5-6-27(20-31)22-38-35(43)8-3-1-2-4-9-36(44)39-45/h5-7,10-17,20,32-34,37,41-42,45H,1-4,8-9,18-19,21-25H2,(H,38,43)(H,39,44). The summed E-state index contributed by atoms with van der Waals surface area (Å²) in [6.45, 7) is 2.69. The van der Waals surface area contributed by atoms with Crippen LogP contribution in [0.25, 0.3) is 11.1 Å². The first-order valence-electron chi connectivity index (χ1n) is 16.7. The number of unbranched alkanes of at least 4 members (excludes halogenated alkanes) is 3. The summed E-state index contributed by atoms with van der Waals surface area (Å²) in [5, 5.41) is 31.1. The molecule has 0 saturated carbocycles. The molecule has 3 aromatic rings. The number of carbonyl (C=O) groups excluding carboxylic acids is 2. The predicted octanol–water partition coefficient (Wildman–Crippen LogP) is 4.92. The lowest BCUT2D eigenvalue weighted by molar-refractivity contribution is -0.252. The molecule has 2 fully saturated rings. The molecule has 0 aliphatic carbocycles. The first-order chi connectivity index (χ1) is 22.9. The third kappa shape index (κ3) is 10.4. The fourth-order valence-electron chi connectivity index (χ4n) is 6.26. The maximum Gasteiger partial charge on any atom is 0.243 e. The van der Waals surface area contributed by atoms with Gasteiger partial charge in [-0.2, -0.15) is 0 Å². The zero-order valence-electron chi connectivity index (χ0n) is 26.9. The van der Waals surface area contributed by atoms with Crippen molar-refractivity contribution in [2.24, 2.45) is 0 Å². The van der Waals surface area contributed by atoms with Crippen LogP contribution in [0.1, 0.15) is 86.0 Å². The Kier molecular flexibility index (Phi) is 12.9. The van der Waals surface area contributed by atoms with E-state index >= 15 is 0 Å². The van der Waals surface area contributed by atoms with E-state index in [1.807, 2.05) is 48.5 Å². The van der Waals surface area contributed by atoms with E-state index in [1.54, 1.807) is 5.48 Å². The molecule has 5 N–H and O–H groups in total. The number of hydrogen-bond acceptors (Lipinski definition) is 8. The molecule has 0 spiro atoms. The molecule has 10 heteroatoms. The van der Waals surface area contributed by atoms with Crippen molar-refractivity contribution in [1.82, 2.24) is 15.7 Å². The Morgan fingerprint density at radius 3 is 2.23 bits per heavy atom. The number of hydrogen-bond donors (Lipinski definition) is 5. The highest BCUT2D eigenvalue weighted by Gasteiger charge is 2.34. The number of nitrogens with one attached hydrogen (secondary N) is 2. The number of aliphatic hydroxyl groups is 2. The number of carbonyl (C=O) groups is 2. The van der Waals surface area contributed by atoms with Crippen LogP contribution in [0.2, 0.25) is 0 Å². The molecular weight excluding hydrogens is 598 g/mol. The van der Waals surface area contributed by atoms with Crippen molar-refractivity contribution < 1.29 is 34.5 Å². The highest BCUT2D eigenvalue weighted by Crippen LogP contribution is 2.39. The smallest absolute Gasteiger partial charge is 0.243 e. The van der Waals surface area contributed by atoms with Crippen LogP contribution in [0.5, 0.6) is 0 Å². The summed E-state index contributed by atoms with van der Waals surface area (Å²) in [4.78, 5) is 25.7. The number of nitrogens with zero attached hydrogens (tertiary/aromatic N) is 1. The molecule has 47 heavy (non-hydrogen) atoms. The normalized spacial score (nSPS) is 21.4. The molecule has 4 atom stereocenters. The topological polar surface area (TPSA) is 141 Å². The molecule has 2 amide bonds. The molecule has 2 heterocycles. The van der Waals surface area contributed by atoms with E-state index in [-0.39, 0.29) is 43.2 Å². The van der Waals surface area contributed by atoms with Crippen molar-refractivity contribution in [3.05, 3.63) is 95.1 Å². The maximum absolute atomic E-state index is 12.4. The number of amides is 2. The Labute approximate surface area is 276 Å². The van der Waals surface area contributed by atoms with Gasteiger partial charge in [0.15, 0.2) is 6.29 Å². The number of β-amino-alcohol motifs (C(OH)–C–C–N with tert-alkyl or cyclic N) is 1. The molecule has 0 bridgehead atoms. The lowest BCUT2D eigenvalue weighted by Gasteiger charge is -2.37. The minimum Gasteiger partial charge on any atom is -0.392 e. The minimum atomic E-state index is -0.542. The zero-order chi connectivity index (χ0) is 33.0. The maximum atomic E-state index is 12.4. The van der Waals surface area contributed by atoms with E-state index < -0.39 is 6.29 Å². The average Bonchev–Trinajstić information content (AvgIpc) is 3.52. The largest absolute Gasteiger partial charge is 0.392 e. The van der Waals surface area contributed by atoms with Gasteiger partial charge in [-0.15, -0.1) is 0 Å². The van der Waals surface area contributed by atoms with E-state index in [9.17, 15) is 19.8 Å². The summed E-state index contributed by atoms with van der Waals surface area (Å²) < 4.78 is 13.0. The van der Waals surface area contributed by atoms with Gasteiger partial charge in [-0.3, -0.25) is 19.7 Å². The molecule has 4 unspecified atom stereocenters. The average molecular weight is 646 g/mol. The molecule has 10 nitrogen and oxygen atoms in total. The summed E-state index contributed by atoms with van der Waals surface area (Å²) in [5.74, 6) is -0.379. The van der Waals surface area contributed by atoms with Gasteiger partial charge in [0.1, 0.15) is 0 Å². The summed E-state index contributed by atoms with van der Waals surface area (Å²) in [7, 11) is 0. The van der Waals surface area contributed by atoms with Crippen molar-refractivity contribution in [1.29, 1.82) is 0 Å². The van der Waals surface area contributed by atoms with E-state index in [0.29, 0.717) is 32.4 Å². The van der Waals surface area contributed by atoms with Crippen LogP contribution < -0.4 is 10.8 Å². The Bertz CT molecular complexity index is 1430. The van der Waals surface area contributed by atoms with Crippen LogP contribution in [0, 0.1) is 0 Å². The van der Waals surface area contributed by atoms with Gasteiger partial charge in [0, 0.05) is 51.0 Å². The predicted molar refractivity (Wildman–Crippen MR) is 177 cm³/mol. The van der Waals surface area contributed by atoms with Crippen molar-refractivity contribution >= 4 is 11.8 Å². The molecule has 252 valence electrons. The number of ether oxygens (including phenoxy) is 2. The number of likely N-dealkylation sites (tertiary alicyclic amines) is 1. The SMILES string of the molecule is O=C(CCCCCCC(=O)NCc1cccc(-c2ccc(C3OC(CN4CCC(O)C4)CC(c4ccc(CO)cc4)O3)cc2)c1)NO. The van der Waals surface area contributed by atoms with E-state index in [4.69, 9.17) is 14.7 Å². The monoisotopic (exact) mass is 645 g/mol. The summed E-state index contributed by atoms with van der Waals surface area (Å²) in [6.07, 6.45) is 4.30. The lowest BCUT2D eigenvalue weighted by atomic mass is 9.99. The highest BCUT2D eigenvalue weighted by molar-refractivity contribution is 5.76. The Balaban J connectivity index is 1.17. The summed E-state index contributed by atoms with van der Waals surface area (Å²) >= 11 is 0. The van der Waals surface area contributed by atoms with E-state index in [0.717, 1.165) is 72.2 Å². The van der Waals surface area contributed by atoms with Crippen LogP contribution in [0.3, 0.4) is 0 Å². The highest BCUT2D eigenvalue weighted by atomic mass is 16.7. The summed E-state index contributed by atoms with van der Waals surface area (Å²) in [6, 6.07) is 24.2. The molecule has 0 aromatic heterocycles. The third-order valence-electron chi connectivity index (χ3n) is 8.94. The first kappa shape index (κ1) is 34.7. The van der Waals surface area contributed by atoms with Gasteiger partial charge in [-0.1, -0.05) is 79.6 Å². The van der Waals surface area contributed by atoms with Crippen LogP contribution in [-0.2, 0) is 32.2 Å². The molecular formula is C37H47N3O7. The van der Waals surface area contributed by atoms with Crippen molar-refractivity contribution in [3.63, 3.8) is 0 Å². The van der Waals surface area contributed by atoms with Gasteiger partial charge >= 0.3 is 0 Å². The number of benzene rings is 3. The van der Waals surface area contributed by atoms with Crippen LogP contribution in [0.15, 0.2) is 72.8 Å². The van der Waals surface area contributed by atoms with Crippen molar-refractivity contribution in [2.45, 2.75) is 89.1 Å². The third-order valence-corrected chi connectivity index (χ3v) is 8.94. The van der Waals surface area contributed by atoms with Gasteiger partial charge in [0.05, 0.1) is 24.9 Å². The van der Waals surface area contributed by atoms with Crippen LogP contribution in [0.4, 0.5) is 0 Å². The zero-order valence-corrected chi connectivity index (χ0v) is 26.9. The van der Waals surface area contributed by atoms with Gasteiger partial charge in [0.25, 0.3) is 0 Å². The molecule has 5 rings (SSSR count). The second-order valence-corrected chi connectivity index (χ2v) is 12.6. The van der Waals surface area contributed by atoms with Gasteiger partial charge in [-0.05, 0) is 53.1 Å². The van der Waals surface area contributed by atoms with Crippen molar-refractivity contribution in [2.75, 3.05) is 19.6 Å². The second-order valence-electron chi connectivity index (χ2n) is 12.6. The van der Waals surface area contributed by atoms with Gasteiger partial charge < -0.3 is 25.0 Å². The molecule has 2 aliphatic rings. The second kappa shape index (κ2) is 17.5. The number of aliphatic hydroxyl groups excluding tert-OH is 2. The first-order valence-corrected chi connectivity index (χ1v) is 16.7. The molecule has 2 saturated heterocycles. The van der Waals surface area contributed by atoms with E-state index in [2.05, 4.69) is 34.5 Å². The Morgan fingerprint density at radius 1 is 0.830 bits per heavy atom. The quantitative estimate of drug-likeness (QED) is 0.0892. The summed E-state index contributed by atoms with van der Waals surface area (Å²) in [5.41, 5.74) is 7.58. The Hall–Kier alpha value is -3.64. The van der Waals surface area contributed by atoms with E-state index in [1.165, 1.54) is 0 Å². The molecule has 2 aliphatic heterocycles. The van der Waals surface area contributed by atoms with Gasteiger partial charge in [0.2, 0.25) is 11.8 Å². The Morgan fingerprint density at radius 2 is 1.55 bits per heavy atom. The lowest BCUT2D eigenvalue weighted by Crippen LogP contribution is -2.38. The molecule has 3 aromatic carbocycles. The number of rotatable bonds is 15. The fraction of sp³-hybridized carbons (Fsp3) is 0.459. The van der Waals surface area contributed by atoms with Crippen LogP contribution in [-0.4, -0.2) is 64.0 Å². The molecule has 0 radical (unpaired) electrons. The van der Waals surface area contributed by atoms with Crippen LogP contribution >= 0.6 is 0 Å². The van der Waals surface area contributed by atoms with Crippen molar-refractivity contribution in [3.8, 4) is 11.1 Å². The fourth-order valence-corrected chi connectivity index (χ4v) is 6.26.